The van der Waals surface area contributed by atoms with Gasteiger partial charge in [-0.05, 0) is 47.7 Å². The second-order valence-electron chi connectivity index (χ2n) is 7.88. The Morgan fingerprint density at radius 2 is 1.92 bits per heavy atom. The van der Waals surface area contributed by atoms with Crippen molar-refractivity contribution < 1.29 is 14.3 Å². The molecule has 0 aromatic carbocycles. The van der Waals surface area contributed by atoms with Crippen LogP contribution in [0.5, 0.6) is 0 Å². The number of nitrogens with zero attached hydrogens (tertiary/aromatic N) is 4. The summed E-state index contributed by atoms with van der Waals surface area (Å²) in [5, 5.41) is 4.36. The number of hydrogen-bond acceptors (Lipinski definition) is 5. The fraction of sp³-hybridized carbons (Fsp3) is 0.722. The Morgan fingerprint density at radius 1 is 1.28 bits per heavy atom. The van der Waals surface area contributed by atoms with Crippen molar-refractivity contribution >= 4 is 11.9 Å². The molecule has 0 unspecified atom stereocenters. The average molecular weight is 350 g/mol. The van der Waals surface area contributed by atoms with E-state index in [4.69, 9.17) is 4.74 Å². The van der Waals surface area contributed by atoms with Crippen molar-refractivity contribution in [2.24, 2.45) is 0 Å². The number of likely N-dealkylation sites (tertiary alicyclic amines) is 1. The summed E-state index contributed by atoms with van der Waals surface area (Å²) in [6.07, 6.45) is 5.35. The summed E-state index contributed by atoms with van der Waals surface area (Å²) in [5.74, 6) is 0.117. The van der Waals surface area contributed by atoms with E-state index >= 15 is 0 Å². The zero-order chi connectivity index (χ0) is 18.6. The maximum absolute atomic E-state index is 12.2. The van der Waals surface area contributed by atoms with E-state index in [1.165, 1.54) is 0 Å². The first-order valence-corrected chi connectivity index (χ1v) is 8.86. The number of ketones is 1. The largest absolute Gasteiger partial charge is 0.444 e. The third kappa shape index (κ3) is 5.85. The first-order valence-electron chi connectivity index (χ1n) is 8.86. The van der Waals surface area contributed by atoms with Crippen molar-refractivity contribution in [3.8, 4) is 0 Å². The molecule has 0 radical (unpaired) electrons. The molecule has 0 saturated carbocycles. The van der Waals surface area contributed by atoms with Crippen molar-refractivity contribution in [3.05, 3.63) is 18.0 Å². The molecule has 140 valence electrons. The van der Waals surface area contributed by atoms with Crippen LogP contribution in [-0.4, -0.2) is 70.8 Å². The Kier molecular flexibility index (Phi) is 6.21. The van der Waals surface area contributed by atoms with Crippen molar-refractivity contribution in [2.75, 3.05) is 33.7 Å². The lowest BCUT2D eigenvalue weighted by Crippen LogP contribution is -2.42. The second-order valence-corrected chi connectivity index (χ2v) is 7.88. The minimum absolute atomic E-state index is 0.117. The van der Waals surface area contributed by atoms with Gasteiger partial charge in [0.2, 0.25) is 0 Å². The number of hydrogen-bond donors (Lipinski definition) is 0. The molecule has 7 nitrogen and oxygen atoms in total. The van der Waals surface area contributed by atoms with Crippen LogP contribution < -0.4 is 0 Å². The molecule has 1 amide bonds. The highest BCUT2D eigenvalue weighted by Gasteiger charge is 2.28. The number of carbonyl (C=O) groups excluding carboxylic acids is 2. The molecule has 1 aliphatic heterocycles. The van der Waals surface area contributed by atoms with Gasteiger partial charge in [-0.1, -0.05) is 0 Å². The number of Topliss-reactive ketones (excluding diaryl/α,β-unsaturated/α-hetero) is 1. The van der Waals surface area contributed by atoms with Crippen LogP contribution in [0.3, 0.4) is 0 Å². The lowest BCUT2D eigenvalue weighted by Gasteiger charge is -2.33. The predicted octanol–water partition coefficient (Wildman–Crippen LogP) is 2.59. The first-order chi connectivity index (χ1) is 11.7. The highest BCUT2D eigenvalue weighted by Crippen LogP contribution is 2.23. The van der Waals surface area contributed by atoms with Gasteiger partial charge in [-0.2, -0.15) is 5.10 Å². The zero-order valence-electron chi connectivity index (χ0n) is 16.0. The SMILES string of the molecule is CN(C)CCC(=O)c1cnn(C2CCN(C(=O)OC(C)(C)C)CC2)c1. The Labute approximate surface area is 149 Å². The van der Waals surface area contributed by atoms with Gasteiger partial charge in [-0.15, -0.1) is 0 Å². The fourth-order valence-corrected chi connectivity index (χ4v) is 2.79. The van der Waals surface area contributed by atoms with Crippen LogP contribution in [0.25, 0.3) is 0 Å². The molecule has 2 heterocycles. The van der Waals surface area contributed by atoms with Crippen LogP contribution in [0.15, 0.2) is 12.4 Å². The van der Waals surface area contributed by atoms with Gasteiger partial charge in [0, 0.05) is 32.3 Å². The number of carbonyl (C=O) groups is 2. The van der Waals surface area contributed by atoms with Crippen LogP contribution in [-0.2, 0) is 4.74 Å². The van der Waals surface area contributed by atoms with Gasteiger partial charge in [0.25, 0.3) is 0 Å². The van der Waals surface area contributed by atoms with Gasteiger partial charge in [0.1, 0.15) is 5.60 Å². The summed E-state index contributed by atoms with van der Waals surface area (Å²) in [6.45, 7) is 7.63. The van der Waals surface area contributed by atoms with E-state index in [2.05, 4.69) is 5.10 Å². The molecule has 0 aliphatic carbocycles. The number of piperidine rings is 1. The molecule has 1 aromatic rings. The van der Waals surface area contributed by atoms with E-state index in [1.54, 1.807) is 11.1 Å². The van der Waals surface area contributed by atoms with Crippen molar-refractivity contribution in [1.82, 2.24) is 19.6 Å². The van der Waals surface area contributed by atoms with Gasteiger partial charge in [-0.25, -0.2) is 4.79 Å². The maximum Gasteiger partial charge on any atom is 0.410 e. The van der Waals surface area contributed by atoms with Crippen molar-refractivity contribution in [3.63, 3.8) is 0 Å². The lowest BCUT2D eigenvalue weighted by molar-refractivity contribution is 0.0185. The Bertz CT molecular complexity index is 596. The van der Waals surface area contributed by atoms with Crippen LogP contribution in [0.2, 0.25) is 0 Å². The number of rotatable bonds is 5. The molecular formula is C18H30N4O3. The van der Waals surface area contributed by atoms with Crippen LogP contribution >= 0.6 is 0 Å². The van der Waals surface area contributed by atoms with E-state index in [-0.39, 0.29) is 17.9 Å². The predicted molar refractivity (Wildman–Crippen MR) is 95.8 cm³/mol. The summed E-state index contributed by atoms with van der Waals surface area (Å²) in [4.78, 5) is 28.0. The smallest absolute Gasteiger partial charge is 0.410 e. The van der Waals surface area contributed by atoms with Crippen molar-refractivity contribution in [2.45, 2.75) is 51.7 Å². The summed E-state index contributed by atoms with van der Waals surface area (Å²) in [7, 11) is 3.91. The van der Waals surface area contributed by atoms with Crippen LogP contribution in [0, 0.1) is 0 Å². The zero-order valence-corrected chi connectivity index (χ0v) is 16.0. The average Bonchev–Trinajstić information content (AvgIpc) is 3.01. The van der Waals surface area contributed by atoms with Crippen LogP contribution in [0.4, 0.5) is 4.79 Å². The molecule has 0 atom stereocenters. The summed E-state index contributed by atoms with van der Waals surface area (Å²) < 4.78 is 7.29. The minimum Gasteiger partial charge on any atom is -0.444 e. The number of amides is 1. The molecule has 0 N–H and O–H groups in total. The molecule has 1 aliphatic rings. The van der Waals surface area contributed by atoms with Gasteiger partial charge in [0.15, 0.2) is 5.78 Å². The standard InChI is InChI=1S/C18H30N4O3/c1-18(2,3)25-17(24)21-10-6-15(7-11-21)22-13-14(12-19-22)16(23)8-9-20(4)5/h12-13,15H,6-11H2,1-5H3. The molecule has 7 heteroatoms. The summed E-state index contributed by atoms with van der Waals surface area (Å²) >= 11 is 0. The normalized spacial score (nSPS) is 16.3. The van der Waals surface area contributed by atoms with E-state index in [0.29, 0.717) is 25.1 Å². The molecule has 1 saturated heterocycles. The van der Waals surface area contributed by atoms with E-state index in [9.17, 15) is 9.59 Å². The monoisotopic (exact) mass is 350 g/mol. The quantitative estimate of drug-likeness (QED) is 0.764. The third-order valence-corrected chi connectivity index (χ3v) is 4.20. The molecule has 2 rings (SSSR count). The molecule has 25 heavy (non-hydrogen) atoms. The highest BCUT2D eigenvalue weighted by molar-refractivity contribution is 5.95. The second kappa shape index (κ2) is 7.99. The van der Waals surface area contributed by atoms with E-state index in [1.807, 2.05) is 50.6 Å². The lowest BCUT2D eigenvalue weighted by atomic mass is 10.1. The Morgan fingerprint density at radius 3 is 2.48 bits per heavy atom. The van der Waals surface area contributed by atoms with Gasteiger partial charge >= 0.3 is 6.09 Å². The summed E-state index contributed by atoms with van der Waals surface area (Å²) in [6, 6.07) is 0.217. The third-order valence-electron chi connectivity index (χ3n) is 4.20. The van der Waals surface area contributed by atoms with E-state index < -0.39 is 5.60 Å². The Hall–Kier alpha value is -1.89. The fourth-order valence-electron chi connectivity index (χ4n) is 2.79. The highest BCUT2D eigenvalue weighted by atomic mass is 16.6. The van der Waals surface area contributed by atoms with Gasteiger partial charge in [-0.3, -0.25) is 9.48 Å². The van der Waals surface area contributed by atoms with Gasteiger partial charge < -0.3 is 14.5 Å². The Balaban J connectivity index is 1.87. The molecular weight excluding hydrogens is 320 g/mol. The van der Waals surface area contributed by atoms with E-state index in [0.717, 1.165) is 19.4 Å². The van der Waals surface area contributed by atoms with Crippen molar-refractivity contribution in [1.29, 1.82) is 0 Å². The number of ether oxygens (including phenoxy) is 1. The number of aromatic nitrogens is 2. The van der Waals surface area contributed by atoms with Crippen LogP contribution in [0.1, 0.15) is 56.4 Å². The molecule has 0 spiro atoms. The topological polar surface area (TPSA) is 67.7 Å². The van der Waals surface area contributed by atoms with Gasteiger partial charge in [0.05, 0.1) is 17.8 Å². The maximum atomic E-state index is 12.2. The molecule has 0 bridgehead atoms. The minimum atomic E-state index is -0.474. The molecule has 1 fully saturated rings. The first kappa shape index (κ1) is 19.4. The summed E-state index contributed by atoms with van der Waals surface area (Å²) in [5.41, 5.74) is 0.189. The molecule has 1 aromatic heterocycles.